The molecule has 0 aromatic rings. The van der Waals surface area contributed by atoms with E-state index in [1.165, 1.54) is 0 Å². The van der Waals surface area contributed by atoms with Gasteiger partial charge in [-0.15, -0.1) is 0 Å². The van der Waals surface area contributed by atoms with Gasteiger partial charge in [-0.05, 0) is 24.7 Å². The van der Waals surface area contributed by atoms with Gasteiger partial charge in [0.2, 0.25) is 0 Å². The molecule has 0 saturated heterocycles. The van der Waals surface area contributed by atoms with Crippen LogP contribution in [0.1, 0.15) is 39.5 Å². The number of nitrogens with two attached hydrogens (primary N) is 1. The Hall–Kier alpha value is -0.120. The molecule has 1 saturated carbocycles. The van der Waals surface area contributed by atoms with Gasteiger partial charge in [0, 0.05) is 26.2 Å². The molecular weight excluding hydrogens is 178 g/mol. The molecule has 3 nitrogen and oxygen atoms in total. The summed E-state index contributed by atoms with van der Waals surface area (Å²) in [5, 5.41) is 10.3. The molecule has 0 amide bonds. The Morgan fingerprint density at radius 1 is 1.43 bits per heavy atom. The van der Waals surface area contributed by atoms with Crippen LogP contribution in [0.2, 0.25) is 0 Å². The van der Waals surface area contributed by atoms with Crippen LogP contribution in [-0.2, 0) is 4.74 Å². The molecule has 14 heavy (non-hydrogen) atoms. The molecule has 2 unspecified atom stereocenters. The van der Waals surface area contributed by atoms with Crippen molar-refractivity contribution in [1.29, 1.82) is 0 Å². The van der Waals surface area contributed by atoms with Crippen molar-refractivity contribution in [3.05, 3.63) is 0 Å². The van der Waals surface area contributed by atoms with E-state index in [0.717, 1.165) is 19.3 Å². The SMILES string of the molecule is COCCC1(O)CCC(C)(C)CC1N. The maximum absolute atomic E-state index is 10.3. The third-order valence-electron chi connectivity index (χ3n) is 3.44. The van der Waals surface area contributed by atoms with Crippen molar-refractivity contribution in [2.45, 2.75) is 51.2 Å². The van der Waals surface area contributed by atoms with Gasteiger partial charge in [0.25, 0.3) is 0 Å². The first-order valence-electron chi connectivity index (χ1n) is 5.37. The monoisotopic (exact) mass is 201 g/mol. The Bertz CT molecular complexity index is 194. The molecule has 3 N–H and O–H groups in total. The quantitative estimate of drug-likeness (QED) is 0.723. The summed E-state index contributed by atoms with van der Waals surface area (Å²) in [6.07, 6.45) is 3.39. The second kappa shape index (κ2) is 4.17. The largest absolute Gasteiger partial charge is 0.388 e. The first-order chi connectivity index (χ1) is 6.40. The molecule has 3 heteroatoms. The summed E-state index contributed by atoms with van der Waals surface area (Å²) < 4.78 is 4.99. The van der Waals surface area contributed by atoms with E-state index < -0.39 is 5.60 Å². The predicted octanol–water partition coefficient (Wildman–Crippen LogP) is 1.29. The Balaban J connectivity index is 2.55. The smallest absolute Gasteiger partial charge is 0.0820 e. The van der Waals surface area contributed by atoms with Crippen LogP contribution in [0.25, 0.3) is 0 Å². The van der Waals surface area contributed by atoms with Crippen molar-refractivity contribution in [3.63, 3.8) is 0 Å². The molecule has 0 spiro atoms. The number of hydrogen-bond donors (Lipinski definition) is 2. The van der Waals surface area contributed by atoms with Gasteiger partial charge >= 0.3 is 0 Å². The Labute approximate surface area is 86.6 Å². The van der Waals surface area contributed by atoms with E-state index in [4.69, 9.17) is 10.5 Å². The van der Waals surface area contributed by atoms with Crippen LogP contribution in [0.5, 0.6) is 0 Å². The van der Waals surface area contributed by atoms with E-state index in [9.17, 15) is 5.11 Å². The summed E-state index contributed by atoms with van der Waals surface area (Å²) in [6.45, 7) is 5.01. The molecule has 1 rings (SSSR count). The summed E-state index contributed by atoms with van der Waals surface area (Å²) in [4.78, 5) is 0. The minimum atomic E-state index is -0.703. The highest BCUT2D eigenvalue weighted by Gasteiger charge is 2.42. The van der Waals surface area contributed by atoms with Gasteiger partial charge in [-0.3, -0.25) is 0 Å². The van der Waals surface area contributed by atoms with Crippen molar-refractivity contribution in [2.24, 2.45) is 11.1 Å². The Morgan fingerprint density at radius 2 is 2.07 bits per heavy atom. The first-order valence-corrected chi connectivity index (χ1v) is 5.37. The lowest BCUT2D eigenvalue weighted by atomic mass is 9.67. The van der Waals surface area contributed by atoms with Crippen LogP contribution in [0.15, 0.2) is 0 Å². The van der Waals surface area contributed by atoms with Gasteiger partial charge < -0.3 is 15.6 Å². The second-order valence-electron chi connectivity index (χ2n) is 5.32. The maximum atomic E-state index is 10.3. The van der Waals surface area contributed by atoms with E-state index in [1.807, 2.05) is 0 Å². The minimum Gasteiger partial charge on any atom is -0.388 e. The molecule has 0 aliphatic heterocycles. The zero-order chi connectivity index (χ0) is 10.8. The number of aliphatic hydroxyl groups is 1. The van der Waals surface area contributed by atoms with Crippen molar-refractivity contribution in [3.8, 4) is 0 Å². The van der Waals surface area contributed by atoms with Gasteiger partial charge in [-0.2, -0.15) is 0 Å². The standard InChI is InChI=1S/C11H23NO2/c1-10(2)4-5-11(13,6-7-14-3)9(12)8-10/h9,13H,4-8,12H2,1-3H3. The number of rotatable bonds is 3. The average Bonchev–Trinajstić information content (AvgIpc) is 2.09. The van der Waals surface area contributed by atoms with Crippen LogP contribution in [0, 0.1) is 5.41 Å². The molecule has 84 valence electrons. The zero-order valence-electron chi connectivity index (χ0n) is 9.55. The molecule has 0 aromatic carbocycles. The van der Waals surface area contributed by atoms with Crippen LogP contribution in [-0.4, -0.2) is 30.5 Å². The fourth-order valence-corrected chi connectivity index (χ4v) is 2.22. The molecule has 1 aliphatic rings. The molecule has 2 atom stereocenters. The summed E-state index contributed by atoms with van der Waals surface area (Å²) in [5.41, 5.74) is 5.60. The fourth-order valence-electron chi connectivity index (χ4n) is 2.22. The van der Waals surface area contributed by atoms with Crippen molar-refractivity contribution in [1.82, 2.24) is 0 Å². The van der Waals surface area contributed by atoms with E-state index >= 15 is 0 Å². The van der Waals surface area contributed by atoms with Crippen molar-refractivity contribution in [2.75, 3.05) is 13.7 Å². The number of ether oxygens (including phenoxy) is 1. The first kappa shape index (κ1) is 12.0. The zero-order valence-corrected chi connectivity index (χ0v) is 9.55. The van der Waals surface area contributed by atoms with Gasteiger partial charge in [0.15, 0.2) is 0 Å². The van der Waals surface area contributed by atoms with Crippen molar-refractivity contribution >= 4 is 0 Å². The maximum Gasteiger partial charge on any atom is 0.0820 e. The molecule has 0 radical (unpaired) electrons. The van der Waals surface area contributed by atoms with Gasteiger partial charge in [-0.25, -0.2) is 0 Å². The second-order valence-corrected chi connectivity index (χ2v) is 5.32. The third-order valence-corrected chi connectivity index (χ3v) is 3.44. The van der Waals surface area contributed by atoms with Gasteiger partial charge in [0.05, 0.1) is 5.60 Å². The van der Waals surface area contributed by atoms with E-state index in [0.29, 0.717) is 13.0 Å². The average molecular weight is 201 g/mol. The summed E-state index contributed by atoms with van der Waals surface area (Å²) in [6, 6.07) is -0.110. The van der Waals surface area contributed by atoms with Gasteiger partial charge in [0.1, 0.15) is 0 Å². The van der Waals surface area contributed by atoms with Crippen LogP contribution < -0.4 is 5.73 Å². The lowest BCUT2D eigenvalue weighted by Gasteiger charge is -2.44. The predicted molar refractivity (Wildman–Crippen MR) is 57.1 cm³/mol. The summed E-state index contributed by atoms with van der Waals surface area (Å²) >= 11 is 0. The Kier molecular flexibility index (Phi) is 3.56. The van der Waals surface area contributed by atoms with Crippen LogP contribution in [0.3, 0.4) is 0 Å². The molecule has 0 heterocycles. The normalized spacial score (nSPS) is 37.1. The van der Waals surface area contributed by atoms with Crippen molar-refractivity contribution < 1.29 is 9.84 Å². The highest BCUT2D eigenvalue weighted by Crippen LogP contribution is 2.40. The Morgan fingerprint density at radius 3 is 2.57 bits per heavy atom. The lowest BCUT2D eigenvalue weighted by molar-refractivity contribution is -0.0616. The molecular formula is C11H23NO2. The molecule has 0 aromatic heterocycles. The summed E-state index contributed by atoms with van der Waals surface area (Å²) in [7, 11) is 1.65. The lowest BCUT2D eigenvalue weighted by Crippen LogP contribution is -2.54. The third kappa shape index (κ3) is 2.69. The highest BCUT2D eigenvalue weighted by molar-refractivity contribution is 4.98. The highest BCUT2D eigenvalue weighted by atomic mass is 16.5. The van der Waals surface area contributed by atoms with Crippen LogP contribution in [0.4, 0.5) is 0 Å². The van der Waals surface area contributed by atoms with Crippen LogP contribution >= 0.6 is 0 Å². The van der Waals surface area contributed by atoms with Gasteiger partial charge in [-0.1, -0.05) is 13.8 Å². The summed E-state index contributed by atoms with van der Waals surface area (Å²) in [5.74, 6) is 0. The topological polar surface area (TPSA) is 55.5 Å². The molecule has 0 bridgehead atoms. The van der Waals surface area contributed by atoms with E-state index in [2.05, 4.69) is 13.8 Å². The number of hydrogen-bond acceptors (Lipinski definition) is 3. The molecule has 1 aliphatic carbocycles. The molecule has 1 fully saturated rings. The van der Waals surface area contributed by atoms with E-state index in [1.54, 1.807) is 7.11 Å². The minimum absolute atomic E-state index is 0.110. The fraction of sp³-hybridized carbons (Fsp3) is 1.00. The number of methoxy groups -OCH3 is 1. The van der Waals surface area contributed by atoms with E-state index in [-0.39, 0.29) is 11.5 Å².